The Kier molecular flexibility index (Phi) is 6.69. The Morgan fingerprint density at radius 2 is 1.88 bits per heavy atom. The summed E-state index contributed by atoms with van der Waals surface area (Å²) in [6.07, 6.45) is 2.51. The van der Waals surface area contributed by atoms with Crippen molar-refractivity contribution in [3.8, 4) is 17.2 Å². The average molecular weight is 393 g/mol. The molecule has 2 aromatic rings. The van der Waals surface area contributed by atoms with Gasteiger partial charge >= 0.3 is 5.97 Å². The molecule has 0 saturated heterocycles. The lowest BCUT2D eigenvalue weighted by atomic mass is 10.1. The minimum Gasteiger partial charge on any atom is -0.493 e. The molecule has 0 aliphatic heterocycles. The van der Waals surface area contributed by atoms with E-state index in [0.717, 1.165) is 16.3 Å². The van der Waals surface area contributed by atoms with Gasteiger partial charge in [-0.2, -0.15) is 0 Å². The van der Waals surface area contributed by atoms with E-state index in [2.05, 4.69) is 15.9 Å². The molecular weight excluding hydrogens is 376 g/mol. The maximum Gasteiger partial charge on any atom is 0.328 e. The summed E-state index contributed by atoms with van der Waals surface area (Å²) in [6, 6.07) is 12.9. The molecule has 0 aliphatic carbocycles. The monoisotopic (exact) mass is 392 g/mol. The molecule has 126 valence electrons. The van der Waals surface area contributed by atoms with Gasteiger partial charge in [0.15, 0.2) is 11.5 Å². The molecule has 0 aromatic heterocycles. The topological polar surface area (TPSA) is 65.0 Å². The van der Waals surface area contributed by atoms with Gasteiger partial charge in [-0.05, 0) is 30.3 Å². The van der Waals surface area contributed by atoms with E-state index in [9.17, 15) is 4.79 Å². The van der Waals surface area contributed by atoms with Crippen molar-refractivity contribution in [3.63, 3.8) is 0 Å². The number of hydrogen-bond donors (Lipinski definition) is 1. The quantitative estimate of drug-likeness (QED) is 0.542. The summed E-state index contributed by atoms with van der Waals surface area (Å²) in [6.45, 7) is 0.645. The lowest BCUT2D eigenvalue weighted by Gasteiger charge is -2.14. The second-order valence-corrected chi connectivity index (χ2v) is 5.62. The zero-order valence-electron chi connectivity index (χ0n) is 13.1. The van der Waals surface area contributed by atoms with Gasteiger partial charge in [0.05, 0.1) is 7.11 Å². The maximum absolute atomic E-state index is 10.7. The summed E-state index contributed by atoms with van der Waals surface area (Å²) in [5, 5.41) is 8.81. The van der Waals surface area contributed by atoms with Crippen LogP contribution in [-0.2, 0) is 4.79 Å². The SMILES string of the molecule is COc1cc(Br)cc(C=CC(=O)O)c1OCCOc1ccccc1. The predicted octanol–water partition coefficient (Wildman–Crippen LogP) is 4.01. The number of halogens is 1. The predicted molar refractivity (Wildman–Crippen MR) is 94.8 cm³/mol. The van der Waals surface area contributed by atoms with Gasteiger partial charge in [0, 0.05) is 16.1 Å². The number of carboxylic acids is 1. The second-order valence-electron chi connectivity index (χ2n) is 4.71. The van der Waals surface area contributed by atoms with Crippen LogP contribution in [0.5, 0.6) is 17.2 Å². The molecule has 0 spiro atoms. The van der Waals surface area contributed by atoms with Gasteiger partial charge in [0.2, 0.25) is 0 Å². The van der Waals surface area contributed by atoms with E-state index in [1.807, 2.05) is 30.3 Å². The van der Waals surface area contributed by atoms with Crippen LogP contribution in [0.15, 0.2) is 53.0 Å². The highest BCUT2D eigenvalue weighted by Gasteiger charge is 2.11. The number of aliphatic carboxylic acids is 1. The number of methoxy groups -OCH3 is 1. The highest BCUT2D eigenvalue weighted by Crippen LogP contribution is 2.35. The van der Waals surface area contributed by atoms with E-state index >= 15 is 0 Å². The molecular formula is C18H17BrO5. The number of hydrogen-bond acceptors (Lipinski definition) is 4. The fourth-order valence-corrected chi connectivity index (χ4v) is 2.45. The van der Waals surface area contributed by atoms with Gasteiger partial charge < -0.3 is 19.3 Å². The minimum absolute atomic E-state index is 0.292. The molecule has 0 unspecified atom stereocenters. The Bertz CT molecular complexity index is 713. The number of para-hydroxylation sites is 1. The van der Waals surface area contributed by atoms with Crippen molar-refractivity contribution < 1.29 is 24.1 Å². The number of benzene rings is 2. The van der Waals surface area contributed by atoms with Gasteiger partial charge in [-0.1, -0.05) is 34.1 Å². The zero-order chi connectivity index (χ0) is 17.4. The van der Waals surface area contributed by atoms with Gasteiger partial charge in [-0.15, -0.1) is 0 Å². The van der Waals surface area contributed by atoms with E-state index in [0.29, 0.717) is 30.3 Å². The van der Waals surface area contributed by atoms with Crippen LogP contribution in [0.3, 0.4) is 0 Å². The van der Waals surface area contributed by atoms with Crippen LogP contribution in [0.25, 0.3) is 6.08 Å². The Hall–Kier alpha value is -2.47. The van der Waals surface area contributed by atoms with E-state index in [4.69, 9.17) is 19.3 Å². The first-order valence-electron chi connectivity index (χ1n) is 7.19. The van der Waals surface area contributed by atoms with Crippen LogP contribution < -0.4 is 14.2 Å². The zero-order valence-corrected chi connectivity index (χ0v) is 14.7. The van der Waals surface area contributed by atoms with E-state index in [1.165, 1.54) is 13.2 Å². The molecule has 0 amide bonds. The number of rotatable bonds is 8. The Labute approximate surface area is 148 Å². The lowest BCUT2D eigenvalue weighted by molar-refractivity contribution is -0.131. The number of carbonyl (C=O) groups is 1. The Morgan fingerprint density at radius 3 is 2.54 bits per heavy atom. The van der Waals surface area contributed by atoms with Crippen molar-refractivity contribution >= 4 is 28.0 Å². The fourth-order valence-electron chi connectivity index (χ4n) is 2.00. The van der Waals surface area contributed by atoms with Crippen molar-refractivity contribution in [2.24, 2.45) is 0 Å². The molecule has 0 atom stereocenters. The highest BCUT2D eigenvalue weighted by molar-refractivity contribution is 9.10. The summed E-state index contributed by atoms with van der Waals surface area (Å²) >= 11 is 3.37. The molecule has 0 radical (unpaired) electrons. The van der Waals surface area contributed by atoms with E-state index < -0.39 is 5.97 Å². The summed E-state index contributed by atoms with van der Waals surface area (Å²) in [4.78, 5) is 10.7. The van der Waals surface area contributed by atoms with Crippen LogP contribution in [0.1, 0.15) is 5.56 Å². The van der Waals surface area contributed by atoms with Crippen LogP contribution in [0, 0.1) is 0 Å². The third-order valence-corrected chi connectivity index (χ3v) is 3.47. The van der Waals surface area contributed by atoms with Gasteiger partial charge in [0.25, 0.3) is 0 Å². The van der Waals surface area contributed by atoms with Gasteiger partial charge in [-0.25, -0.2) is 4.79 Å². The molecule has 6 heteroatoms. The minimum atomic E-state index is -1.03. The smallest absolute Gasteiger partial charge is 0.328 e. The molecule has 0 saturated carbocycles. The molecule has 0 fully saturated rings. The summed E-state index contributed by atoms with van der Waals surface area (Å²) in [5.74, 6) is 0.700. The van der Waals surface area contributed by atoms with Gasteiger partial charge in [0.1, 0.15) is 19.0 Å². The van der Waals surface area contributed by atoms with Crippen molar-refractivity contribution in [2.75, 3.05) is 20.3 Å². The third kappa shape index (κ3) is 5.31. The molecule has 0 aliphatic rings. The summed E-state index contributed by atoms with van der Waals surface area (Å²) in [7, 11) is 1.53. The normalized spacial score (nSPS) is 10.6. The molecule has 2 rings (SSSR count). The largest absolute Gasteiger partial charge is 0.493 e. The van der Waals surface area contributed by atoms with Crippen LogP contribution >= 0.6 is 15.9 Å². The standard InChI is InChI=1S/C18H17BrO5/c1-22-16-12-14(19)11-13(7-8-17(20)21)18(16)24-10-9-23-15-5-3-2-4-6-15/h2-8,11-12H,9-10H2,1H3,(H,20,21). The molecule has 2 aromatic carbocycles. The summed E-state index contributed by atoms with van der Waals surface area (Å²) in [5.41, 5.74) is 0.600. The van der Waals surface area contributed by atoms with E-state index in [-0.39, 0.29) is 0 Å². The average Bonchev–Trinajstić information content (AvgIpc) is 2.58. The molecule has 0 heterocycles. The molecule has 0 bridgehead atoms. The first-order valence-corrected chi connectivity index (χ1v) is 7.98. The van der Waals surface area contributed by atoms with Crippen molar-refractivity contribution in [3.05, 3.63) is 58.6 Å². The highest BCUT2D eigenvalue weighted by atomic mass is 79.9. The fraction of sp³-hybridized carbons (Fsp3) is 0.167. The lowest BCUT2D eigenvalue weighted by Crippen LogP contribution is -2.10. The Morgan fingerprint density at radius 1 is 1.17 bits per heavy atom. The molecule has 24 heavy (non-hydrogen) atoms. The Balaban J connectivity index is 2.08. The van der Waals surface area contributed by atoms with Crippen LogP contribution in [0.2, 0.25) is 0 Å². The molecule has 5 nitrogen and oxygen atoms in total. The van der Waals surface area contributed by atoms with Crippen molar-refractivity contribution in [1.82, 2.24) is 0 Å². The maximum atomic E-state index is 10.7. The number of ether oxygens (including phenoxy) is 3. The van der Waals surface area contributed by atoms with E-state index in [1.54, 1.807) is 12.1 Å². The second kappa shape index (κ2) is 8.98. The molecule has 1 N–H and O–H groups in total. The van der Waals surface area contributed by atoms with Crippen LogP contribution in [0.4, 0.5) is 0 Å². The van der Waals surface area contributed by atoms with Crippen LogP contribution in [-0.4, -0.2) is 31.4 Å². The van der Waals surface area contributed by atoms with Crippen molar-refractivity contribution in [1.29, 1.82) is 0 Å². The number of carboxylic acid groups (broad SMARTS) is 1. The first-order chi connectivity index (χ1) is 11.6. The van der Waals surface area contributed by atoms with Gasteiger partial charge in [-0.3, -0.25) is 0 Å². The third-order valence-electron chi connectivity index (χ3n) is 3.02. The van der Waals surface area contributed by atoms with Crippen molar-refractivity contribution in [2.45, 2.75) is 0 Å². The summed E-state index contributed by atoms with van der Waals surface area (Å²) < 4.78 is 17.4. The first kappa shape index (κ1) is 17.9.